The van der Waals surface area contributed by atoms with Crippen LogP contribution in [0.3, 0.4) is 0 Å². The summed E-state index contributed by atoms with van der Waals surface area (Å²) >= 11 is 7.13. The van der Waals surface area contributed by atoms with E-state index in [9.17, 15) is 39.3 Å². The Bertz CT molecular complexity index is 755. The lowest BCUT2D eigenvalue weighted by molar-refractivity contribution is -0.244. The molecule has 1 saturated carbocycles. The SMILES string of the molecule is O=S(=O)(N1CCC2CCCCC2C1)C(F)(F)C(F)(F)C(F)(F)S([O-])(=S)=S. The monoisotopic (exact) mass is 464 g/mol. The molecule has 26 heavy (non-hydrogen) atoms. The summed E-state index contributed by atoms with van der Waals surface area (Å²) < 4.78 is 118. The minimum atomic E-state index is -6.52. The molecule has 1 aliphatic carbocycles. The molecule has 1 saturated heterocycles. The summed E-state index contributed by atoms with van der Waals surface area (Å²) in [5.74, 6) is -6.73. The predicted molar refractivity (Wildman–Crippen MR) is 88.3 cm³/mol. The minimum absolute atomic E-state index is 0.0878. The average Bonchev–Trinajstić information content (AvgIpc) is 2.52. The number of hydrogen-bond acceptors (Lipinski definition) is 5. The standard InChI is InChI=1S/C12H17F6NO3S4/c13-10(14,12(17,18)26(22,23)24)11(15,16)25(20,21)19-6-5-8-3-1-2-4-9(8)7-19/h8-9H,1-7H2,(H,22,23,24)/p-1. The molecule has 0 spiro atoms. The molecule has 2 fully saturated rings. The van der Waals surface area contributed by atoms with Crippen LogP contribution < -0.4 is 0 Å². The first-order chi connectivity index (χ1) is 11.6. The van der Waals surface area contributed by atoms with Crippen molar-refractivity contribution in [2.45, 2.75) is 48.5 Å². The van der Waals surface area contributed by atoms with Crippen LogP contribution in [-0.2, 0) is 39.8 Å². The number of sulfonamides is 1. The smallest absolute Gasteiger partial charge is 0.428 e. The molecule has 154 valence electrons. The number of halogens is 6. The second kappa shape index (κ2) is 6.94. The molecule has 0 aromatic heterocycles. The summed E-state index contributed by atoms with van der Waals surface area (Å²) in [6, 6.07) is 0. The zero-order valence-electron chi connectivity index (χ0n) is 13.2. The minimum Gasteiger partial charge on any atom is -0.786 e. The molecule has 0 amide bonds. The van der Waals surface area contributed by atoms with E-state index in [0.717, 1.165) is 19.3 Å². The molecule has 0 N–H and O–H groups in total. The maximum absolute atomic E-state index is 14.1. The van der Waals surface area contributed by atoms with E-state index in [1.807, 2.05) is 0 Å². The number of piperidine rings is 1. The molecule has 2 unspecified atom stereocenters. The van der Waals surface area contributed by atoms with Crippen molar-refractivity contribution in [1.82, 2.24) is 4.31 Å². The maximum atomic E-state index is 14.1. The number of rotatable bonds is 5. The van der Waals surface area contributed by atoms with Gasteiger partial charge in [-0.25, -0.2) is 8.42 Å². The van der Waals surface area contributed by atoms with Crippen LogP contribution in [0.5, 0.6) is 0 Å². The van der Waals surface area contributed by atoms with E-state index in [1.165, 1.54) is 0 Å². The van der Waals surface area contributed by atoms with Gasteiger partial charge in [-0.2, -0.15) is 30.6 Å². The molecule has 0 aromatic carbocycles. The van der Waals surface area contributed by atoms with E-state index in [1.54, 1.807) is 0 Å². The molecule has 2 rings (SSSR count). The molecule has 2 atom stereocenters. The van der Waals surface area contributed by atoms with Crippen molar-refractivity contribution in [1.29, 1.82) is 0 Å². The van der Waals surface area contributed by atoms with Gasteiger partial charge in [-0.15, -0.1) is 0 Å². The van der Waals surface area contributed by atoms with Crippen molar-refractivity contribution in [2.75, 3.05) is 13.1 Å². The fourth-order valence-electron chi connectivity index (χ4n) is 3.44. The van der Waals surface area contributed by atoms with Crippen LogP contribution >= 0.6 is 0 Å². The van der Waals surface area contributed by atoms with Crippen LogP contribution in [0, 0.1) is 11.8 Å². The Kier molecular flexibility index (Phi) is 6.01. The van der Waals surface area contributed by atoms with Crippen LogP contribution in [-0.4, -0.2) is 46.8 Å². The third kappa shape index (κ3) is 3.38. The van der Waals surface area contributed by atoms with Crippen molar-refractivity contribution in [2.24, 2.45) is 11.8 Å². The van der Waals surface area contributed by atoms with Gasteiger partial charge >= 0.3 is 16.4 Å². The molecular formula is C12H16F6NO3S4-. The molecule has 0 radical (unpaired) electrons. The van der Waals surface area contributed by atoms with E-state index >= 15 is 0 Å². The second-order valence-corrected chi connectivity index (χ2v) is 13.4. The highest BCUT2D eigenvalue weighted by Gasteiger charge is 2.79. The zero-order chi connectivity index (χ0) is 20.2. The topological polar surface area (TPSA) is 60.4 Å². The Hall–Kier alpha value is 0.240. The highest BCUT2D eigenvalue weighted by Crippen LogP contribution is 2.52. The largest absolute Gasteiger partial charge is 0.786 e. The van der Waals surface area contributed by atoms with Gasteiger partial charge in [0.1, 0.15) is 0 Å². The highest BCUT2D eigenvalue weighted by molar-refractivity contribution is 8.54. The third-order valence-electron chi connectivity index (χ3n) is 4.96. The molecular weight excluding hydrogens is 448 g/mol. The van der Waals surface area contributed by atoms with E-state index in [4.69, 9.17) is 0 Å². The van der Waals surface area contributed by atoms with Crippen molar-refractivity contribution in [3.8, 4) is 0 Å². The van der Waals surface area contributed by atoms with Crippen molar-refractivity contribution in [3.05, 3.63) is 0 Å². The van der Waals surface area contributed by atoms with Gasteiger partial charge in [0.25, 0.3) is 10.0 Å². The average molecular weight is 465 g/mol. The summed E-state index contributed by atoms with van der Waals surface area (Å²) in [6.45, 7) is -0.917. The lowest BCUT2D eigenvalue weighted by Gasteiger charge is -2.43. The summed E-state index contributed by atoms with van der Waals surface area (Å²) in [4.78, 5) is 0. The van der Waals surface area contributed by atoms with Gasteiger partial charge in [-0.1, -0.05) is 49.1 Å². The summed E-state index contributed by atoms with van der Waals surface area (Å²) in [6.07, 6.45) is 3.15. The van der Waals surface area contributed by atoms with Gasteiger partial charge in [-0.3, -0.25) is 0 Å². The van der Waals surface area contributed by atoms with E-state index < -0.39 is 47.0 Å². The van der Waals surface area contributed by atoms with E-state index in [2.05, 4.69) is 22.4 Å². The van der Waals surface area contributed by atoms with Crippen molar-refractivity contribution < 1.29 is 39.3 Å². The van der Waals surface area contributed by atoms with Crippen molar-refractivity contribution >= 4 is 39.8 Å². The maximum Gasteiger partial charge on any atom is 0.428 e. The molecule has 2 aliphatic rings. The Morgan fingerprint density at radius 1 is 0.885 bits per heavy atom. The van der Waals surface area contributed by atoms with Crippen molar-refractivity contribution in [3.63, 3.8) is 0 Å². The molecule has 14 heteroatoms. The van der Waals surface area contributed by atoms with Gasteiger partial charge in [0.2, 0.25) is 0 Å². The Balaban J connectivity index is 2.37. The first-order valence-corrected chi connectivity index (χ1v) is 12.5. The van der Waals surface area contributed by atoms with Crippen LogP contribution in [0.15, 0.2) is 0 Å². The lowest BCUT2D eigenvalue weighted by atomic mass is 9.76. The van der Waals surface area contributed by atoms with Gasteiger partial charge in [0.05, 0.1) is 0 Å². The van der Waals surface area contributed by atoms with Crippen LogP contribution in [0.4, 0.5) is 26.3 Å². The van der Waals surface area contributed by atoms with Gasteiger partial charge < -0.3 is 4.55 Å². The lowest BCUT2D eigenvalue weighted by Crippen LogP contribution is -2.63. The number of fused-ring (bicyclic) bond motifs is 1. The normalized spacial score (nSPS) is 27.2. The summed E-state index contributed by atoms with van der Waals surface area (Å²) in [7, 11) is -11.7. The molecule has 0 bridgehead atoms. The second-order valence-electron chi connectivity index (χ2n) is 6.52. The van der Waals surface area contributed by atoms with Gasteiger partial charge in [-0.05, 0) is 24.7 Å². The molecule has 1 aliphatic heterocycles. The quantitative estimate of drug-likeness (QED) is 0.586. The first kappa shape index (κ1) is 22.5. The zero-order valence-corrected chi connectivity index (χ0v) is 16.4. The van der Waals surface area contributed by atoms with Gasteiger partial charge in [0.15, 0.2) is 0 Å². The number of alkyl halides is 6. The van der Waals surface area contributed by atoms with Gasteiger partial charge in [0, 0.05) is 13.1 Å². The fraction of sp³-hybridized carbons (Fsp3) is 1.00. The Labute approximate surface area is 157 Å². The molecule has 4 nitrogen and oxygen atoms in total. The third-order valence-corrected chi connectivity index (χ3v) is 9.02. The number of nitrogens with zero attached hydrogens (tertiary/aromatic N) is 1. The number of hydrogen-bond donors (Lipinski definition) is 0. The first-order valence-electron chi connectivity index (χ1n) is 7.66. The fourth-order valence-corrected chi connectivity index (χ4v) is 6.08. The highest BCUT2D eigenvalue weighted by atomic mass is 33.1. The molecule has 0 aromatic rings. The van der Waals surface area contributed by atoms with E-state index in [-0.39, 0.29) is 22.6 Å². The Morgan fingerprint density at radius 2 is 1.38 bits per heavy atom. The summed E-state index contributed by atoms with van der Waals surface area (Å²) in [5, 5.41) is -12.3. The Morgan fingerprint density at radius 3 is 1.88 bits per heavy atom. The molecule has 1 heterocycles. The summed E-state index contributed by atoms with van der Waals surface area (Å²) in [5.41, 5.74) is 0. The van der Waals surface area contributed by atoms with Crippen LogP contribution in [0.2, 0.25) is 0 Å². The van der Waals surface area contributed by atoms with Crippen LogP contribution in [0.25, 0.3) is 0 Å². The van der Waals surface area contributed by atoms with E-state index in [0.29, 0.717) is 6.42 Å². The predicted octanol–water partition coefficient (Wildman–Crippen LogP) is 2.86. The van der Waals surface area contributed by atoms with Crippen LogP contribution in [0.1, 0.15) is 32.1 Å².